The summed E-state index contributed by atoms with van der Waals surface area (Å²) in [6.07, 6.45) is 4.09. The minimum absolute atomic E-state index is 0.939. The number of hydrogen-bond acceptors (Lipinski definition) is 0. The van der Waals surface area contributed by atoms with Gasteiger partial charge in [0, 0.05) is 0 Å². The normalized spacial score (nSPS) is 29.0. The molecular formula is C9H16. The summed E-state index contributed by atoms with van der Waals surface area (Å²) in [5.41, 5.74) is 3.27. The molecule has 0 amide bonds. The van der Waals surface area contributed by atoms with Crippen molar-refractivity contribution in [3.05, 3.63) is 11.1 Å². The van der Waals surface area contributed by atoms with Gasteiger partial charge in [-0.05, 0) is 39.0 Å². The van der Waals surface area contributed by atoms with Gasteiger partial charge in [0.25, 0.3) is 0 Å². The number of hydrogen-bond donors (Lipinski definition) is 0. The summed E-state index contributed by atoms with van der Waals surface area (Å²) in [5.74, 6) is 0.939. The first-order valence-corrected chi connectivity index (χ1v) is 3.85. The van der Waals surface area contributed by atoms with Crippen LogP contribution in [0.25, 0.3) is 0 Å². The van der Waals surface area contributed by atoms with E-state index in [-0.39, 0.29) is 0 Å². The van der Waals surface area contributed by atoms with Crippen LogP contribution in [-0.4, -0.2) is 0 Å². The Kier molecular flexibility index (Phi) is 1.94. The lowest BCUT2D eigenvalue weighted by Gasteiger charge is -2.20. The van der Waals surface area contributed by atoms with Crippen LogP contribution in [0.2, 0.25) is 0 Å². The largest absolute Gasteiger partial charge is 0.0744 e. The smallest absolute Gasteiger partial charge is 0.0295 e. The highest BCUT2D eigenvalue weighted by molar-refractivity contribution is 5.12. The van der Waals surface area contributed by atoms with E-state index in [1.54, 1.807) is 11.1 Å². The van der Waals surface area contributed by atoms with Gasteiger partial charge in [-0.1, -0.05) is 18.1 Å². The molecule has 0 aliphatic heterocycles. The molecule has 1 aliphatic rings. The lowest BCUT2D eigenvalue weighted by atomic mass is 9.86. The van der Waals surface area contributed by atoms with Crippen molar-refractivity contribution in [2.45, 2.75) is 40.0 Å². The Morgan fingerprint density at radius 1 is 1.22 bits per heavy atom. The molecule has 52 valence electrons. The minimum atomic E-state index is 0.939. The first kappa shape index (κ1) is 6.85. The lowest BCUT2D eigenvalue weighted by molar-refractivity contribution is 0.496. The maximum absolute atomic E-state index is 2.34. The first-order chi connectivity index (χ1) is 4.20. The van der Waals surface area contributed by atoms with Gasteiger partial charge >= 0.3 is 0 Å². The van der Waals surface area contributed by atoms with E-state index >= 15 is 0 Å². The molecule has 0 radical (unpaired) electrons. The predicted molar refractivity (Wildman–Crippen MR) is 41.4 cm³/mol. The molecule has 0 nitrogen and oxygen atoms in total. The summed E-state index contributed by atoms with van der Waals surface area (Å²) in [4.78, 5) is 0. The van der Waals surface area contributed by atoms with Crippen molar-refractivity contribution in [3.8, 4) is 0 Å². The van der Waals surface area contributed by atoms with Crippen LogP contribution in [-0.2, 0) is 0 Å². The van der Waals surface area contributed by atoms with Gasteiger partial charge in [0.1, 0.15) is 0 Å². The van der Waals surface area contributed by atoms with Crippen LogP contribution in [0.4, 0.5) is 0 Å². The van der Waals surface area contributed by atoms with E-state index < -0.39 is 0 Å². The average molecular weight is 124 g/mol. The van der Waals surface area contributed by atoms with Crippen LogP contribution < -0.4 is 0 Å². The summed E-state index contributed by atoms with van der Waals surface area (Å²) in [6.45, 7) is 6.88. The minimum Gasteiger partial charge on any atom is -0.0744 e. The average Bonchev–Trinajstić information content (AvgIpc) is 1.80. The molecule has 0 aromatic rings. The second-order valence-electron chi connectivity index (χ2n) is 3.41. The summed E-state index contributed by atoms with van der Waals surface area (Å²) in [5, 5.41) is 0. The fourth-order valence-electron chi connectivity index (χ4n) is 1.48. The van der Waals surface area contributed by atoms with Crippen LogP contribution in [0.1, 0.15) is 40.0 Å². The highest BCUT2D eigenvalue weighted by Gasteiger charge is 2.10. The fraction of sp³-hybridized carbons (Fsp3) is 0.778. The molecule has 1 aliphatic carbocycles. The third kappa shape index (κ3) is 1.57. The van der Waals surface area contributed by atoms with E-state index in [1.165, 1.54) is 19.3 Å². The quantitative estimate of drug-likeness (QED) is 0.435. The Morgan fingerprint density at radius 3 is 2.33 bits per heavy atom. The van der Waals surface area contributed by atoms with Gasteiger partial charge < -0.3 is 0 Å². The number of rotatable bonds is 0. The van der Waals surface area contributed by atoms with Crippen LogP contribution in [0.5, 0.6) is 0 Å². The van der Waals surface area contributed by atoms with Gasteiger partial charge in [0.2, 0.25) is 0 Å². The van der Waals surface area contributed by atoms with E-state index in [4.69, 9.17) is 0 Å². The standard InChI is InChI=1S/C9H16/c1-7-4-5-8(2)9(3)6-7/h7H,4-6H2,1-3H3/t7-/m1/s1. The fourth-order valence-corrected chi connectivity index (χ4v) is 1.48. The first-order valence-electron chi connectivity index (χ1n) is 3.85. The molecule has 0 fully saturated rings. The van der Waals surface area contributed by atoms with Gasteiger partial charge in [0.05, 0.1) is 0 Å². The van der Waals surface area contributed by atoms with Crippen LogP contribution >= 0.6 is 0 Å². The Labute approximate surface area is 58.0 Å². The second kappa shape index (κ2) is 2.55. The zero-order chi connectivity index (χ0) is 6.85. The third-order valence-electron chi connectivity index (χ3n) is 2.40. The lowest BCUT2D eigenvalue weighted by Crippen LogP contribution is -2.03. The molecule has 0 unspecified atom stereocenters. The van der Waals surface area contributed by atoms with E-state index in [2.05, 4.69) is 20.8 Å². The molecule has 0 spiro atoms. The summed E-state index contributed by atoms with van der Waals surface area (Å²) < 4.78 is 0. The summed E-state index contributed by atoms with van der Waals surface area (Å²) in [7, 11) is 0. The Balaban J connectivity index is 2.61. The molecule has 0 aromatic carbocycles. The molecule has 1 rings (SSSR count). The van der Waals surface area contributed by atoms with E-state index in [1.807, 2.05) is 0 Å². The SMILES string of the molecule is CC1=C(C)C[C@H](C)CC1. The van der Waals surface area contributed by atoms with Gasteiger partial charge in [-0.15, -0.1) is 0 Å². The maximum Gasteiger partial charge on any atom is -0.0295 e. The van der Waals surface area contributed by atoms with E-state index in [9.17, 15) is 0 Å². The van der Waals surface area contributed by atoms with Crippen LogP contribution in [0.15, 0.2) is 11.1 Å². The number of allylic oxidation sites excluding steroid dienone is 2. The summed E-state index contributed by atoms with van der Waals surface area (Å²) >= 11 is 0. The van der Waals surface area contributed by atoms with Gasteiger partial charge in [-0.2, -0.15) is 0 Å². The van der Waals surface area contributed by atoms with Crippen molar-refractivity contribution in [2.24, 2.45) is 5.92 Å². The Bertz CT molecular complexity index is 131. The van der Waals surface area contributed by atoms with Crippen molar-refractivity contribution in [2.75, 3.05) is 0 Å². The molecule has 0 saturated heterocycles. The van der Waals surface area contributed by atoms with Crippen molar-refractivity contribution < 1.29 is 0 Å². The molecule has 0 saturated carbocycles. The molecule has 0 heteroatoms. The van der Waals surface area contributed by atoms with Crippen molar-refractivity contribution >= 4 is 0 Å². The van der Waals surface area contributed by atoms with Crippen LogP contribution in [0, 0.1) is 5.92 Å². The topological polar surface area (TPSA) is 0 Å². The molecule has 0 N–H and O–H groups in total. The third-order valence-corrected chi connectivity index (χ3v) is 2.40. The second-order valence-corrected chi connectivity index (χ2v) is 3.41. The highest BCUT2D eigenvalue weighted by atomic mass is 14.2. The Hall–Kier alpha value is -0.260. The maximum atomic E-state index is 2.34. The van der Waals surface area contributed by atoms with Gasteiger partial charge in [-0.3, -0.25) is 0 Å². The van der Waals surface area contributed by atoms with Crippen molar-refractivity contribution in [3.63, 3.8) is 0 Å². The molecule has 0 heterocycles. The monoisotopic (exact) mass is 124 g/mol. The Morgan fingerprint density at radius 2 is 1.89 bits per heavy atom. The van der Waals surface area contributed by atoms with Crippen molar-refractivity contribution in [1.29, 1.82) is 0 Å². The summed E-state index contributed by atoms with van der Waals surface area (Å²) in [6, 6.07) is 0. The van der Waals surface area contributed by atoms with Crippen LogP contribution in [0.3, 0.4) is 0 Å². The molecular weight excluding hydrogens is 108 g/mol. The van der Waals surface area contributed by atoms with Crippen molar-refractivity contribution in [1.82, 2.24) is 0 Å². The highest BCUT2D eigenvalue weighted by Crippen LogP contribution is 2.27. The van der Waals surface area contributed by atoms with E-state index in [0.717, 1.165) is 5.92 Å². The molecule has 0 aromatic heterocycles. The predicted octanol–water partition coefficient (Wildman–Crippen LogP) is 3.14. The zero-order valence-electron chi connectivity index (χ0n) is 6.70. The van der Waals surface area contributed by atoms with E-state index in [0.29, 0.717) is 0 Å². The molecule has 1 atom stereocenters. The van der Waals surface area contributed by atoms with Gasteiger partial charge in [0.15, 0.2) is 0 Å². The van der Waals surface area contributed by atoms with Gasteiger partial charge in [-0.25, -0.2) is 0 Å². The molecule has 9 heavy (non-hydrogen) atoms. The zero-order valence-corrected chi connectivity index (χ0v) is 6.70. The molecule has 0 bridgehead atoms.